The smallest absolute Gasteiger partial charge is 0.475 e. The van der Waals surface area contributed by atoms with Crippen LogP contribution in [-0.2, 0) is 19.6 Å². The molecule has 3 rings (SSSR count). The van der Waals surface area contributed by atoms with E-state index in [9.17, 15) is 35.2 Å². The van der Waals surface area contributed by atoms with E-state index in [0.717, 1.165) is 31.6 Å². The molecule has 0 bridgehead atoms. The van der Waals surface area contributed by atoms with E-state index in [1.165, 1.54) is 4.31 Å². The summed E-state index contributed by atoms with van der Waals surface area (Å²) in [6, 6.07) is 2.60. The zero-order valence-electron chi connectivity index (χ0n) is 21.9. The molecule has 2 aliphatic rings. The second-order valence-electron chi connectivity index (χ2n) is 9.87. The average molecular weight is 587 g/mol. The molecule has 0 aromatic heterocycles. The summed E-state index contributed by atoms with van der Waals surface area (Å²) in [5.41, 5.74) is 0. The van der Waals surface area contributed by atoms with Crippen molar-refractivity contribution in [1.29, 1.82) is 0 Å². The van der Waals surface area contributed by atoms with E-state index >= 15 is 0 Å². The number of carbonyl (C=O) groups is 2. The van der Waals surface area contributed by atoms with Gasteiger partial charge in [-0.1, -0.05) is 13.8 Å². The minimum absolute atomic E-state index is 0.00301. The number of carboxylic acid groups (broad SMARTS) is 1. The number of nitrogens with zero attached hydrogens (tertiary/aromatic N) is 3. The maximum atomic E-state index is 13.8. The number of carbonyl (C=O) groups excluding carboxylic acids is 1. The lowest BCUT2D eigenvalue weighted by Gasteiger charge is -2.36. The Kier molecular flexibility index (Phi) is 12.1. The van der Waals surface area contributed by atoms with Gasteiger partial charge in [-0.05, 0) is 36.5 Å². The van der Waals surface area contributed by atoms with Gasteiger partial charge in [0.2, 0.25) is 15.9 Å². The lowest BCUT2D eigenvalue weighted by molar-refractivity contribution is -0.192. The van der Waals surface area contributed by atoms with Gasteiger partial charge in [0.05, 0.1) is 4.90 Å². The third kappa shape index (κ3) is 10.3. The first-order valence-corrected chi connectivity index (χ1v) is 14.0. The predicted octanol–water partition coefficient (Wildman–Crippen LogP) is 2.39. The van der Waals surface area contributed by atoms with Crippen LogP contribution in [0.25, 0.3) is 0 Å². The molecule has 1 amide bonds. The Morgan fingerprint density at radius 2 is 1.62 bits per heavy atom. The minimum atomic E-state index is -5.08. The number of piperazine rings is 1. The van der Waals surface area contributed by atoms with Gasteiger partial charge in [0.25, 0.3) is 0 Å². The number of hydrogen-bond acceptors (Lipinski definition) is 6. The summed E-state index contributed by atoms with van der Waals surface area (Å²) in [6.07, 6.45) is -3.89. The Labute approximate surface area is 225 Å². The molecule has 1 aromatic carbocycles. The molecule has 0 aliphatic carbocycles. The van der Waals surface area contributed by atoms with Gasteiger partial charge in [0.1, 0.15) is 0 Å². The van der Waals surface area contributed by atoms with E-state index in [2.05, 4.69) is 24.1 Å². The molecule has 2 atom stereocenters. The highest BCUT2D eigenvalue weighted by molar-refractivity contribution is 7.89. The van der Waals surface area contributed by atoms with Crippen molar-refractivity contribution in [1.82, 2.24) is 19.4 Å². The predicted molar refractivity (Wildman–Crippen MR) is 132 cm³/mol. The standard InChI is InChI=1S/C22H34F2N4O3S.C2HF3O2/c1-17-13-18(2)16-26(15-17)11-12-28(8-5-22(29)27-9-6-25-7-10-27)32(30,31)19-3-4-20(23)21(24)14-19;3-2(4,5)1(6)7/h3-4,14,17-18,25H,5-13,15-16H2,1-2H3;(H,6,7). The summed E-state index contributed by atoms with van der Waals surface area (Å²) < 4.78 is 86.6. The van der Waals surface area contributed by atoms with Gasteiger partial charge in [-0.15, -0.1) is 0 Å². The van der Waals surface area contributed by atoms with Gasteiger partial charge in [-0.3, -0.25) is 4.79 Å². The average Bonchev–Trinajstić information content (AvgIpc) is 2.85. The van der Waals surface area contributed by atoms with Crippen LogP contribution >= 0.6 is 0 Å². The van der Waals surface area contributed by atoms with E-state index < -0.39 is 33.8 Å². The highest BCUT2D eigenvalue weighted by atomic mass is 32.2. The number of nitrogens with one attached hydrogen (secondary N) is 1. The Morgan fingerprint density at radius 1 is 1.05 bits per heavy atom. The second kappa shape index (κ2) is 14.3. The van der Waals surface area contributed by atoms with Gasteiger partial charge < -0.3 is 20.2 Å². The second-order valence-corrected chi connectivity index (χ2v) is 11.8. The van der Waals surface area contributed by atoms with Gasteiger partial charge in [0.15, 0.2) is 11.6 Å². The number of hydrogen-bond donors (Lipinski definition) is 2. The van der Waals surface area contributed by atoms with E-state index in [1.54, 1.807) is 4.90 Å². The van der Waals surface area contributed by atoms with Crippen LogP contribution in [0.2, 0.25) is 0 Å². The number of piperidine rings is 1. The van der Waals surface area contributed by atoms with Crippen molar-refractivity contribution in [3.63, 3.8) is 0 Å². The Hall–Kier alpha value is -2.36. The molecule has 39 heavy (non-hydrogen) atoms. The molecular formula is C24H35F5N4O5S. The van der Waals surface area contributed by atoms with Crippen LogP contribution in [0.5, 0.6) is 0 Å². The Morgan fingerprint density at radius 3 is 2.13 bits per heavy atom. The topological polar surface area (TPSA) is 110 Å². The molecule has 0 radical (unpaired) electrons. The van der Waals surface area contributed by atoms with Crippen molar-refractivity contribution >= 4 is 21.9 Å². The van der Waals surface area contributed by atoms with Crippen LogP contribution in [0.4, 0.5) is 22.0 Å². The molecule has 2 N–H and O–H groups in total. The number of sulfonamides is 1. The van der Waals surface area contributed by atoms with Crippen molar-refractivity contribution < 1.29 is 45.1 Å². The first-order valence-electron chi connectivity index (χ1n) is 12.6. The zero-order chi connectivity index (χ0) is 29.4. The van der Waals surface area contributed by atoms with Gasteiger partial charge in [-0.2, -0.15) is 17.5 Å². The van der Waals surface area contributed by atoms with Crippen molar-refractivity contribution in [3.05, 3.63) is 29.8 Å². The Bertz CT molecular complexity index is 1070. The number of benzene rings is 1. The summed E-state index contributed by atoms with van der Waals surface area (Å²) in [5.74, 6) is -4.10. The first kappa shape index (κ1) is 32.8. The van der Waals surface area contributed by atoms with Crippen LogP contribution < -0.4 is 5.32 Å². The maximum absolute atomic E-state index is 13.8. The van der Waals surface area contributed by atoms with Crippen LogP contribution in [0.15, 0.2) is 23.1 Å². The van der Waals surface area contributed by atoms with E-state index in [4.69, 9.17) is 9.90 Å². The summed E-state index contributed by atoms with van der Waals surface area (Å²) in [6.45, 7) is 9.50. The van der Waals surface area contributed by atoms with Crippen LogP contribution in [0.1, 0.15) is 26.7 Å². The van der Waals surface area contributed by atoms with E-state index in [1.807, 2.05) is 0 Å². The fourth-order valence-electron chi connectivity index (χ4n) is 4.66. The third-order valence-corrected chi connectivity index (χ3v) is 8.32. The fourth-order valence-corrected chi connectivity index (χ4v) is 6.10. The first-order chi connectivity index (χ1) is 18.1. The SMILES string of the molecule is CC1CC(C)CN(CCN(CCC(=O)N2CCNCC2)S(=O)(=O)c2ccc(F)c(F)c2)C1.O=C(O)C(F)(F)F. The molecule has 2 unspecified atom stereocenters. The highest BCUT2D eigenvalue weighted by Crippen LogP contribution is 2.22. The van der Waals surface area contributed by atoms with Crippen LogP contribution in [-0.4, -0.2) is 105 Å². The van der Waals surface area contributed by atoms with E-state index in [0.29, 0.717) is 50.6 Å². The molecule has 2 fully saturated rings. The van der Waals surface area contributed by atoms with Crippen molar-refractivity contribution in [3.8, 4) is 0 Å². The summed E-state index contributed by atoms with van der Waals surface area (Å²) in [5, 5.41) is 10.3. The van der Waals surface area contributed by atoms with Gasteiger partial charge in [-0.25, -0.2) is 22.0 Å². The van der Waals surface area contributed by atoms with Crippen LogP contribution in [0.3, 0.4) is 0 Å². The number of halogens is 5. The summed E-state index contributed by atoms with van der Waals surface area (Å²) in [7, 11) is -4.08. The zero-order valence-corrected chi connectivity index (χ0v) is 22.7. The maximum Gasteiger partial charge on any atom is 0.490 e. The monoisotopic (exact) mass is 586 g/mol. The number of aliphatic carboxylic acids is 1. The summed E-state index contributed by atoms with van der Waals surface area (Å²) in [4.78, 5) is 25.2. The van der Waals surface area contributed by atoms with Gasteiger partial charge >= 0.3 is 12.1 Å². The van der Waals surface area contributed by atoms with Crippen LogP contribution in [0, 0.1) is 23.5 Å². The molecule has 2 saturated heterocycles. The number of likely N-dealkylation sites (tertiary alicyclic amines) is 1. The number of amides is 1. The fraction of sp³-hybridized carbons (Fsp3) is 0.667. The quantitative estimate of drug-likeness (QED) is 0.451. The third-order valence-electron chi connectivity index (χ3n) is 6.43. The lowest BCUT2D eigenvalue weighted by atomic mass is 9.92. The lowest BCUT2D eigenvalue weighted by Crippen LogP contribution is -2.48. The molecule has 0 saturated carbocycles. The molecule has 222 valence electrons. The van der Waals surface area contributed by atoms with Crippen molar-refractivity contribution in [2.75, 3.05) is 58.9 Å². The van der Waals surface area contributed by atoms with E-state index in [-0.39, 0.29) is 30.3 Å². The molecule has 2 heterocycles. The Balaban J connectivity index is 0.000000673. The highest BCUT2D eigenvalue weighted by Gasteiger charge is 2.38. The van der Waals surface area contributed by atoms with Crippen molar-refractivity contribution in [2.45, 2.75) is 37.8 Å². The normalized spacial score (nSPS) is 20.9. The molecule has 9 nitrogen and oxygen atoms in total. The van der Waals surface area contributed by atoms with Gasteiger partial charge in [0, 0.05) is 65.3 Å². The van der Waals surface area contributed by atoms with Crippen molar-refractivity contribution in [2.24, 2.45) is 11.8 Å². The molecule has 0 spiro atoms. The molecular weight excluding hydrogens is 551 g/mol. The summed E-state index contributed by atoms with van der Waals surface area (Å²) >= 11 is 0. The number of alkyl halides is 3. The largest absolute Gasteiger partial charge is 0.490 e. The number of rotatable bonds is 8. The molecule has 2 aliphatic heterocycles. The molecule has 15 heteroatoms. The molecule has 1 aromatic rings. The minimum Gasteiger partial charge on any atom is -0.475 e. The number of carboxylic acids is 1.